The lowest BCUT2D eigenvalue weighted by molar-refractivity contribution is -0.140. The second-order valence-electron chi connectivity index (χ2n) is 6.59. The van der Waals surface area contributed by atoms with E-state index in [0.29, 0.717) is 27.9 Å². The number of fused-ring (bicyclic) bond motifs is 2. The minimum Gasteiger partial charge on any atom is -0.466 e. The fraction of sp³-hybridized carbons (Fsp3) is 0.190. The van der Waals surface area contributed by atoms with Crippen molar-refractivity contribution in [2.45, 2.75) is 0 Å². The molecule has 2 aromatic rings. The van der Waals surface area contributed by atoms with Crippen molar-refractivity contribution in [1.29, 1.82) is 0 Å². The van der Waals surface area contributed by atoms with Crippen molar-refractivity contribution in [1.82, 2.24) is 0 Å². The second-order valence-corrected chi connectivity index (χ2v) is 7.03. The summed E-state index contributed by atoms with van der Waals surface area (Å²) < 4.78 is 21.0. The average molecular weight is 445 g/mol. The Hall–Kier alpha value is -3.56. The minimum absolute atomic E-state index is 0.0123. The highest BCUT2D eigenvalue weighted by molar-refractivity contribution is 6.31. The minimum atomic E-state index is -0.735. The van der Waals surface area contributed by atoms with E-state index < -0.39 is 17.8 Å². The van der Waals surface area contributed by atoms with Gasteiger partial charge in [-0.1, -0.05) is 11.6 Å². The molecule has 0 radical (unpaired) electrons. The van der Waals surface area contributed by atoms with E-state index in [0.717, 1.165) is 0 Å². The van der Waals surface area contributed by atoms with Crippen LogP contribution in [0.4, 0.5) is 11.4 Å². The topological polar surface area (TPSA) is 103 Å². The van der Waals surface area contributed by atoms with Crippen molar-refractivity contribution in [2.24, 2.45) is 0 Å². The van der Waals surface area contributed by atoms with Crippen molar-refractivity contribution < 1.29 is 33.3 Å². The number of nitrogens with one attached hydrogen (secondary N) is 1. The molecule has 2 aliphatic rings. The van der Waals surface area contributed by atoms with E-state index in [4.69, 9.17) is 30.5 Å². The average Bonchev–Trinajstić information content (AvgIpc) is 2.92. The predicted octanol–water partition coefficient (Wildman–Crippen LogP) is 3.09. The van der Waals surface area contributed by atoms with Gasteiger partial charge in [0.15, 0.2) is 5.75 Å². The number of halogens is 1. The van der Waals surface area contributed by atoms with E-state index in [1.165, 1.54) is 25.2 Å². The highest BCUT2D eigenvalue weighted by Crippen LogP contribution is 2.39. The molecule has 2 heterocycles. The molecule has 0 fully saturated rings. The van der Waals surface area contributed by atoms with Crippen LogP contribution in [0.1, 0.15) is 10.4 Å². The molecule has 9 nitrogen and oxygen atoms in total. The third kappa shape index (κ3) is 3.80. The Kier molecular flexibility index (Phi) is 5.53. The van der Waals surface area contributed by atoms with E-state index in [-0.39, 0.29) is 30.2 Å². The highest BCUT2D eigenvalue weighted by atomic mass is 35.5. The fourth-order valence-electron chi connectivity index (χ4n) is 3.30. The molecule has 0 bridgehead atoms. The number of nitrogens with zero attached hydrogens (tertiary/aromatic N) is 1. The van der Waals surface area contributed by atoms with E-state index in [2.05, 4.69) is 5.32 Å². The van der Waals surface area contributed by atoms with Crippen LogP contribution in [-0.4, -0.2) is 45.4 Å². The maximum Gasteiger partial charge on any atom is 0.355 e. The van der Waals surface area contributed by atoms with Crippen molar-refractivity contribution in [3.8, 4) is 11.5 Å². The molecule has 0 unspecified atom stereocenters. The molecule has 0 saturated carbocycles. The number of esters is 2. The first-order valence-corrected chi connectivity index (χ1v) is 9.48. The van der Waals surface area contributed by atoms with Crippen molar-refractivity contribution in [3.05, 3.63) is 58.3 Å². The number of rotatable bonds is 3. The molecule has 2 aromatic carbocycles. The third-order valence-electron chi connectivity index (χ3n) is 4.76. The van der Waals surface area contributed by atoms with Gasteiger partial charge in [-0.05, 0) is 36.4 Å². The predicted molar refractivity (Wildman–Crippen MR) is 110 cm³/mol. The summed E-state index contributed by atoms with van der Waals surface area (Å²) in [6, 6.07) is 9.65. The Morgan fingerprint density at radius 1 is 1.06 bits per heavy atom. The lowest BCUT2D eigenvalue weighted by Crippen LogP contribution is -2.38. The quantitative estimate of drug-likeness (QED) is 0.720. The van der Waals surface area contributed by atoms with Crippen LogP contribution in [0, 0.1) is 0 Å². The molecule has 1 amide bonds. The van der Waals surface area contributed by atoms with Gasteiger partial charge in [0.1, 0.15) is 18.2 Å². The Bertz CT molecular complexity index is 1130. The largest absolute Gasteiger partial charge is 0.466 e. The van der Waals surface area contributed by atoms with Gasteiger partial charge >= 0.3 is 11.9 Å². The summed E-state index contributed by atoms with van der Waals surface area (Å²) in [5, 5.41) is 3.20. The smallest absolute Gasteiger partial charge is 0.355 e. The number of carbonyl (C=O) groups is 3. The number of hydrogen-bond donors (Lipinski definition) is 1. The van der Waals surface area contributed by atoms with Crippen LogP contribution in [0.5, 0.6) is 11.5 Å². The Labute approximate surface area is 182 Å². The van der Waals surface area contributed by atoms with Crippen LogP contribution in [0.25, 0.3) is 0 Å². The third-order valence-corrected chi connectivity index (χ3v) is 5.00. The Morgan fingerprint density at radius 2 is 1.81 bits per heavy atom. The summed E-state index contributed by atoms with van der Waals surface area (Å²) in [7, 11) is 2.41. The molecule has 0 aromatic heterocycles. The molecule has 10 heteroatoms. The number of ether oxygens (including phenoxy) is 4. The van der Waals surface area contributed by atoms with E-state index in [9.17, 15) is 14.4 Å². The van der Waals surface area contributed by atoms with Crippen molar-refractivity contribution in [3.63, 3.8) is 0 Å². The van der Waals surface area contributed by atoms with Crippen LogP contribution in [0.2, 0.25) is 5.02 Å². The zero-order valence-corrected chi connectivity index (χ0v) is 17.3. The summed E-state index contributed by atoms with van der Waals surface area (Å²) >= 11 is 6.01. The molecule has 0 spiro atoms. The summed E-state index contributed by atoms with van der Waals surface area (Å²) in [6.07, 6.45) is 0. The zero-order valence-electron chi connectivity index (χ0n) is 16.6. The van der Waals surface area contributed by atoms with E-state index >= 15 is 0 Å². The first-order valence-electron chi connectivity index (χ1n) is 9.10. The number of amides is 1. The maximum atomic E-state index is 12.8. The lowest BCUT2D eigenvalue weighted by Gasteiger charge is -2.31. The normalized spacial score (nSPS) is 15.2. The van der Waals surface area contributed by atoms with Gasteiger partial charge in [0.05, 0.1) is 37.7 Å². The first kappa shape index (κ1) is 20.7. The van der Waals surface area contributed by atoms with Crippen LogP contribution in [-0.2, 0) is 23.8 Å². The van der Waals surface area contributed by atoms with Gasteiger partial charge in [0.25, 0.3) is 5.91 Å². The van der Waals surface area contributed by atoms with E-state index in [1.807, 2.05) is 0 Å². The molecule has 0 saturated heterocycles. The van der Waals surface area contributed by atoms with Crippen LogP contribution in [0.15, 0.2) is 47.7 Å². The summed E-state index contributed by atoms with van der Waals surface area (Å²) in [6.45, 7) is -0.153. The second kappa shape index (κ2) is 8.29. The van der Waals surface area contributed by atoms with Gasteiger partial charge in [-0.2, -0.15) is 0 Å². The molecule has 2 aliphatic heterocycles. The van der Waals surface area contributed by atoms with Crippen LogP contribution in [0.3, 0.4) is 0 Å². The molecular formula is C21H17ClN2O7. The first-order chi connectivity index (χ1) is 14.9. The number of benzene rings is 2. The number of anilines is 2. The Balaban J connectivity index is 1.77. The molecule has 31 heavy (non-hydrogen) atoms. The summed E-state index contributed by atoms with van der Waals surface area (Å²) in [5.74, 6) is -1.12. The monoisotopic (exact) mass is 444 g/mol. The summed E-state index contributed by atoms with van der Waals surface area (Å²) in [5.41, 5.74) is 1.06. The molecule has 0 atom stereocenters. The van der Waals surface area contributed by atoms with Gasteiger partial charge < -0.3 is 29.2 Å². The maximum absolute atomic E-state index is 12.8. The Morgan fingerprint density at radius 3 is 2.55 bits per heavy atom. The van der Waals surface area contributed by atoms with Gasteiger partial charge in [-0.3, -0.25) is 4.79 Å². The number of carbonyl (C=O) groups excluding carboxylic acids is 3. The lowest BCUT2D eigenvalue weighted by atomic mass is 10.1. The molecule has 160 valence electrons. The molecule has 4 rings (SSSR count). The summed E-state index contributed by atoms with van der Waals surface area (Å²) in [4.78, 5) is 38.9. The van der Waals surface area contributed by atoms with Gasteiger partial charge in [-0.15, -0.1) is 0 Å². The number of methoxy groups -OCH3 is 2. The standard InChI is InChI=1S/C21H17ClN2O7/c1-28-20(26)14-9-30-10-24(18(14)21(27)29-2)12-4-6-16-13(8-12)19(25)23-15-7-11(22)3-5-17(15)31-16/h3-8H,9-10H2,1-2H3,(H,23,25). The van der Waals surface area contributed by atoms with Gasteiger partial charge in [0.2, 0.25) is 0 Å². The SMILES string of the molecule is COC(=O)C1=C(C(=O)OC)N(c2ccc3c(c2)C(=O)Nc2cc(Cl)ccc2O3)COC1. The zero-order chi connectivity index (χ0) is 22.1. The van der Waals surface area contributed by atoms with E-state index in [1.54, 1.807) is 30.3 Å². The van der Waals surface area contributed by atoms with Crippen molar-refractivity contribution >= 4 is 40.8 Å². The fourth-order valence-corrected chi connectivity index (χ4v) is 3.47. The molecular weight excluding hydrogens is 428 g/mol. The van der Waals surface area contributed by atoms with Crippen LogP contribution >= 0.6 is 11.6 Å². The highest BCUT2D eigenvalue weighted by Gasteiger charge is 2.33. The van der Waals surface area contributed by atoms with Gasteiger partial charge in [-0.25, -0.2) is 9.59 Å². The van der Waals surface area contributed by atoms with Crippen molar-refractivity contribution in [2.75, 3.05) is 37.8 Å². The number of hydrogen-bond acceptors (Lipinski definition) is 8. The van der Waals surface area contributed by atoms with Crippen LogP contribution < -0.4 is 15.0 Å². The molecule has 0 aliphatic carbocycles. The molecule has 1 N–H and O–H groups in total. The van der Waals surface area contributed by atoms with Gasteiger partial charge in [0, 0.05) is 10.7 Å².